The number of methoxy groups -OCH3 is 3. The summed E-state index contributed by atoms with van der Waals surface area (Å²) < 4.78 is 15.7. The maximum Gasteiger partial charge on any atom is 0.261 e. The Bertz CT molecular complexity index is 968. The predicted molar refractivity (Wildman–Crippen MR) is 106 cm³/mol. The predicted octanol–water partition coefficient (Wildman–Crippen LogP) is 4.40. The summed E-state index contributed by atoms with van der Waals surface area (Å²) in [6.45, 7) is 1.98. The van der Waals surface area contributed by atoms with Crippen LogP contribution in [0.2, 0.25) is 0 Å². The normalized spacial score (nSPS) is 10.4. The van der Waals surface area contributed by atoms with Crippen LogP contribution in [0.25, 0.3) is 11.3 Å². The molecule has 2 aromatic carbocycles. The van der Waals surface area contributed by atoms with Gasteiger partial charge in [0.2, 0.25) is 0 Å². The average Bonchev–Trinajstić information content (AvgIpc) is 3.15. The van der Waals surface area contributed by atoms with Crippen LogP contribution in [0.15, 0.2) is 41.8 Å². The highest BCUT2D eigenvalue weighted by molar-refractivity contribution is 7.14. The van der Waals surface area contributed by atoms with Gasteiger partial charge in [-0.15, -0.1) is 11.3 Å². The molecule has 0 aliphatic rings. The van der Waals surface area contributed by atoms with Gasteiger partial charge in [-0.3, -0.25) is 10.1 Å². The van der Waals surface area contributed by atoms with Gasteiger partial charge in [-0.1, -0.05) is 0 Å². The molecule has 0 unspecified atom stereocenters. The van der Waals surface area contributed by atoms with E-state index in [0.717, 1.165) is 22.6 Å². The van der Waals surface area contributed by atoms with Crippen LogP contribution < -0.4 is 19.5 Å². The molecule has 1 heterocycles. The molecule has 0 spiro atoms. The van der Waals surface area contributed by atoms with E-state index in [1.54, 1.807) is 32.4 Å². The Balaban J connectivity index is 1.82. The van der Waals surface area contributed by atoms with Gasteiger partial charge in [-0.25, -0.2) is 4.98 Å². The smallest absolute Gasteiger partial charge is 0.261 e. The van der Waals surface area contributed by atoms with E-state index in [-0.39, 0.29) is 5.91 Å². The maximum absolute atomic E-state index is 12.6. The molecule has 0 bridgehead atoms. The van der Waals surface area contributed by atoms with Gasteiger partial charge in [-0.2, -0.15) is 0 Å². The van der Waals surface area contributed by atoms with Gasteiger partial charge >= 0.3 is 0 Å². The third kappa shape index (κ3) is 4.03. The molecule has 3 rings (SSSR count). The molecule has 27 heavy (non-hydrogen) atoms. The second-order valence-electron chi connectivity index (χ2n) is 5.74. The third-order valence-corrected chi connectivity index (χ3v) is 4.82. The van der Waals surface area contributed by atoms with E-state index in [9.17, 15) is 4.79 Å². The van der Waals surface area contributed by atoms with Gasteiger partial charge < -0.3 is 14.2 Å². The number of carbonyl (C=O) groups is 1. The first kappa shape index (κ1) is 18.7. The lowest BCUT2D eigenvalue weighted by Crippen LogP contribution is -2.13. The zero-order valence-electron chi connectivity index (χ0n) is 15.5. The van der Waals surface area contributed by atoms with Crippen LogP contribution in [0.1, 0.15) is 15.9 Å². The fraction of sp³-hybridized carbons (Fsp3) is 0.200. The third-order valence-electron chi connectivity index (χ3n) is 4.07. The molecule has 0 saturated carbocycles. The molecule has 0 atom stereocenters. The number of anilines is 1. The number of benzene rings is 2. The first-order valence-corrected chi connectivity index (χ1v) is 9.07. The quantitative estimate of drug-likeness (QED) is 0.682. The molecular formula is C20H20N2O4S. The Labute approximate surface area is 161 Å². The monoisotopic (exact) mass is 384 g/mol. The van der Waals surface area contributed by atoms with Crippen LogP contribution in [0.4, 0.5) is 5.13 Å². The Morgan fingerprint density at radius 1 is 1.00 bits per heavy atom. The van der Waals surface area contributed by atoms with Crippen molar-refractivity contribution in [2.24, 2.45) is 0 Å². The van der Waals surface area contributed by atoms with Crippen molar-refractivity contribution in [2.75, 3.05) is 26.6 Å². The summed E-state index contributed by atoms with van der Waals surface area (Å²) in [4.78, 5) is 17.2. The number of aromatic nitrogens is 1. The minimum absolute atomic E-state index is 0.308. The zero-order valence-corrected chi connectivity index (χ0v) is 16.3. The van der Waals surface area contributed by atoms with Gasteiger partial charge in [0.25, 0.3) is 5.91 Å². The summed E-state index contributed by atoms with van der Waals surface area (Å²) in [6, 6.07) is 10.9. The number of amides is 1. The van der Waals surface area contributed by atoms with Crippen molar-refractivity contribution < 1.29 is 19.0 Å². The van der Waals surface area contributed by atoms with Gasteiger partial charge in [-0.05, 0) is 48.9 Å². The molecule has 1 aromatic heterocycles. The van der Waals surface area contributed by atoms with E-state index in [1.165, 1.54) is 18.4 Å². The Hall–Kier alpha value is -3.06. The minimum atomic E-state index is -0.308. The Kier molecular flexibility index (Phi) is 5.61. The summed E-state index contributed by atoms with van der Waals surface area (Å²) >= 11 is 1.36. The zero-order chi connectivity index (χ0) is 19.4. The van der Waals surface area contributed by atoms with E-state index in [2.05, 4.69) is 10.3 Å². The summed E-state index contributed by atoms with van der Waals surface area (Å²) in [5.41, 5.74) is 3.16. The summed E-state index contributed by atoms with van der Waals surface area (Å²) in [5, 5.41) is 5.23. The number of hydrogen-bond acceptors (Lipinski definition) is 6. The van der Waals surface area contributed by atoms with Crippen molar-refractivity contribution in [1.82, 2.24) is 4.98 Å². The summed E-state index contributed by atoms with van der Waals surface area (Å²) in [7, 11) is 4.71. The molecule has 0 saturated heterocycles. The van der Waals surface area contributed by atoms with Crippen molar-refractivity contribution in [3.63, 3.8) is 0 Å². The number of hydrogen-bond donors (Lipinski definition) is 1. The van der Waals surface area contributed by atoms with Gasteiger partial charge in [0.1, 0.15) is 17.2 Å². The van der Waals surface area contributed by atoms with Crippen LogP contribution in [0.3, 0.4) is 0 Å². The molecule has 3 aromatic rings. The van der Waals surface area contributed by atoms with E-state index in [4.69, 9.17) is 14.2 Å². The second-order valence-corrected chi connectivity index (χ2v) is 6.60. The number of aryl methyl sites for hydroxylation is 1. The molecule has 7 heteroatoms. The molecule has 0 aliphatic carbocycles. The lowest BCUT2D eigenvalue weighted by molar-refractivity contribution is 0.102. The molecule has 0 radical (unpaired) electrons. The van der Waals surface area contributed by atoms with Crippen LogP contribution in [-0.2, 0) is 0 Å². The first-order chi connectivity index (χ1) is 13.0. The topological polar surface area (TPSA) is 69.7 Å². The lowest BCUT2D eigenvalue weighted by Gasteiger charge is -2.09. The molecular weight excluding hydrogens is 364 g/mol. The molecule has 0 fully saturated rings. The van der Waals surface area contributed by atoms with Crippen LogP contribution in [0.5, 0.6) is 17.2 Å². The van der Waals surface area contributed by atoms with E-state index >= 15 is 0 Å². The molecule has 0 aliphatic heterocycles. The van der Waals surface area contributed by atoms with Crippen molar-refractivity contribution >= 4 is 22.4 Å². The summed E-state index contributed by atoms with van der Waals surface area (Å²) in [6.07, 6.45) is 0. The number of ether oxygens (including phenoxy) is 3. The Morgan fingerprint density at radius 2 is 1.74 bits per heavy atom. The van der Waals surface area contributed by atoms with E-state index < -0.39 is 0 Å². The van der Waals surface area contributed by atoms with Gasteiger partial charge in [0.05, 0.1) is 32.6 Å². The van der Waals surface area contributed by atoms with Crippen molar-refractivity contribution in [3.8, 4) is 28.5 Å². The highest BCUT2D eigenvalue weighted by atomic mass is 32.1. The lowest BCUT2D eigenvalue weighted by atomic mass is 10.1. The van der Waals surface area contributed by atoms with Crippen molar-refractivity contribution in [1.29, 1.82) is 0 Å². The highest BCUT2D eigenvalue weighted by Crippen LogP contribution is 2.30. The Morgan fingerprint density at radius 3 is 2.41 bits per heavy atom. The van der Waals surface area contributed by atoms with Crippen molar-refractivity contribution in [2.45, 2.75) is 6.92 Å². The molecule has 1 amide bonds. The number of nitrogens with one attached hydrogen (secondary N) is 1. The van der Waals surface area contributed by atoms with Gasteiger partial charge in [0.15, 0.2) is 5.13 Å². The standard InChI is InChI=1S/C20H20N2O4S/c1-12-9-13(5-7-17(12)25-3)16-11-27-20(21-16)22-19(23)15-10-14(24-2)6-8-18(15)26-4/h5-11H,1-4H3,(H,21,22,23). The van der Waals surface area contributed by atoms with Crippen LogP contribution in [0, 0.1) is 6.92 Å². The minimum Gasteiger partial charge on any atom is -0.497 e. The number of rotatable bonds is 6. The van der Waals surface area contributed by atoms with Crippen LogP contribution >= 0.6 is 11.3 Å². The number of nitrogens with zero attached hydrogens (tertiary/aromatic N) is 1. The fourth-order valence-electron chi connectivity index (χ4n) is 2.66. The highest BCUT2D eigenvalue weighted by Gasteiger charge is 2.16. The van der Waals surface area contributed by atoms with Gasteiger partial charge in [0, 0.05) is 10.9 Å². The molecule has 1 N–H and O–H groups in total. The summed E-state index contributed by atoms with van der Waals surface area (Å²) in [5.74, 6) is 1.57. The average molecular weight is 384 g/mol. The molecule has 6 nitrogen and oxygen atoms in total. The SMILES string of the molecule is COc1ccc(OC)c(C(=O)Nc2nc(-c3ccc(OC)c(C)c3)cs2)c1. The molecule has 140 valence electrons. The van der Waals surface area contributed by atoms with Crippen molar-refractivity contribution in [3.05, 3.63) is 52.9 Å². The van der Waals surface area contributed by atoms with E-state index in [1.807, 2.05) is 30.5 Å². The number of thiazole rings is 1. The van der Waals surface area contributed by atoms with E-state index in [0.29, 0.717) is 22.2 Å². The maximum atomic E-state index is 12.6. The second kappa shape index (κ2) is 8.09. The van der Waals surface area contributed by atoms with Crippen LogP contribution in [-0.4, -0.2) is 32.2 Å². The first-order valence-electron chi connectivity index (χ1n) is 8.19. The fourth-order valence-corrected chi connectivity index (χ4v) is 3.37. The largest absolute Gasteiger partial charge is 0.497 e. The number of carbonyl (C=O) groups excluding carboxylic acids is 1.